The third kappa shape index (κ3) is 17.9. The van der Waals surface area contributed by atoms with Crippen LogP contribution in [0.2, 0.25) is 0 Å². The van der Waals surface area contributed by atoms with Crippen molar-refractivity contribution < 1.29 is 34.8 Å². The molecule has 15 nitrogen and oxygen atoms in total. The Kier molecular flexibility index (Phi) is 21.9. The zero-order valence-electron chi connectivity index (χ0n) is 32.3. The summed E-state index contributed by atoms with van der Waals surface area (Å²) in [5.74, 6) is 0.505. The fraction of sp³-hybridized carbons (Fsp3) is 0.385. The smallest absolute Gasteiger partial charge is 0.310 e. The average Bonchev–Trinajstić information content (AvgIpc) is 3.12. The predicted octanol–water partition coefficient (Wildman–Crippen LogP) is 6.86. The molecule has 2 heterocycles. The zero-order chi connectivity index (χ0) is 39.0. The lowest BCUT2D eigenvalue weighted by Gasteiger charge is -2.18. The van der Waals surface area contributed by atoms with Gasteiger partial charge in [-0.05, 0) is 24.0 Å². The number of carbonyl (C=O) groups is 4. The summed E-state index contributed by atoms with van der Waals surface area (Å²) < 4.78 is 15.6. The molecule has 0 aliphatic heterocycles. The van der Waals surface area contributed by atoms with E-state index in [2.05, 4.69) is 49.2 Å². The molecular formula is C39H55N8O7-. The summed E-state index contributed by atoms with van der Waals surface area (Å²) in [4.78, 5) is 60.6. The molecule has 0 radical (unpaired) electrons. The van der Waals surface area contributed by atoms with Crippen molar-refractivity contribution in [3.63, 3.8) is 0 Å². The second-order valence-electron chi connectivity index (χ2n) is 11.4. The lowest BCUT2D eigenvalue weighted by Crippen LogP contribution is -2.34. The standard InChI is InChI=1S/C19H24N4O3.C15H20N4O.C4H6O3.CH4.H/c1-4-5-11-20-18-17(26-13-16-9-7-6-8-10-16)12-21-19(22-18)23(14(2)24)15(3)25;1-2-3-9-17-14-13(10-18-15(16)19-14)20-11-12-7-5-4-6-8-12;1-3(5)7-4(2)6;;/h6-10,12H,4-5,11,13H2,1-3H3,(H,20,21,22);4-8,10H,2-3,9,11H2,1H3,(H3,16,17,18,19);1-2H3;1H4;/q;;;;-1/i;;;;1+1. The molecule has 0 saturated carbocycles. The normalized spacial score (nSPS) is 9.74. The summed E-state index contributed by atoms with van der Waals surface area (Å²) in [6.45, 7) is 11.6. The number of esters is 2. The van der Waals surface area contributed by atoms with E-state index in [4.69, 9.17) is 15.2 Å². The van der Waals surface area contributed by atoms with Gasteiger partial charge in [-0.3, -0.25) is 19.2 Å². The predicted molar refractivity (Wildman–Crippen MR) is 211 cm³/mol. The van der Waals surface area contributed by atoms with Crippen LogP contribution in [-0.2, 0) is 37.1 Å². The molecule has 0 saturated heterocycles. The van der Waals surface area contributed by atoms with Crippen molar-refractivity contribution in [2.24, 2.45) is 0 Å². The van der Waals surface area contributed by atoms with Crippen LogP contribution in [0.25, 0.3) is 0 Å². The van der Waals surface area contributed by atoms with E-state index in [-0.39, 0.29) is 20.7 Å². The van der Waals surface area contributed by atoms with Gasteiger partial charge in [0.25, 0.3) is 0 Å². The first-order chi connectivity index (χ1) is 25.4. The summed E-state index contributed by atoms with van der Waals surface area (Å²) in [7, 11) is 0. The average molecular weight is 749 g/mol. The van der Waals surface area contributed by atoms with Crippen LogP contribution >= 0.6 is 0 Å². The Labute approximate surface area is 319 Å². The van der Waals surface area contributed by atoms with Crippen LogP contribution in [0.5, 0.6) is 11.5 Å². The van der Waals surface area contributed by atoms with Crippen molar-refractivity contribution in [1.29, 1.82) is 0 Å². The Morgan fingerprint density at radius 2 is 1.11 bits per heavy atom. The minimum absolute atomic E-state index is 0. The molecule has 54 heavy (non-hydrogen) atoms. The van der Waals surface area contributed by atoms with E-state index in [1.165, 1.54) is 33.9 Å². The number of benzene rings is 2. The number of carbonyl (C=O) groups excluding carboxylic acids is 4. The number of rotatable bonds is 15. The Hall–Kier alpha value is -6.12. The van der Waals surface area contributed by atoms with E-state index in [9.17, 15) is 19.2 Å². The molecule has 4 N–H and O–H groups in total. The Balaban J connectivity index is 0.000000894. The number of nitrogens with zero attached hydrogens (tertiary/aromatic N) is 5. The van der Waals surface area contributed by atoms with Crippen molar-refractivity contribution in [2.75, 3.05) is 34.4 Å². The fourth-order valence-corrected chi connectivity index (χ4v) is 4.26. The Morgan fingerprint density at radius 1 is 0.685 bits per heavy atom. The van der Waals surface area contributed by atoms with Gasteiger partial charge in [-0.2, -0.15) is 9.97 Å². The summed E-state index contributed by atoms with van der Waals surface area (Å²) in [6, 6.07) is 19.7. The largest absolute Gasteiger partial charge is 1.00 e. The highest BCUT2D eigenvalue weighted by molar-refractivity contribution is 6.11. The van der Waals surface area contributed by atoms with Gasteiger partial charge in [-0.25, -0.2) is 14.9 Å². The minimum Gasteiger partial charge on any atom is -1.00 e. The highest BCUT2D eigenvalue weighted by atomic mass is 16.6. The molecule has 4 rings (SSSR count). The van der Waals surface area contributed by atoms with E-state index in [1.807, 2.05) is 60.7 Å². The highest BCUT2D eigenvalue weighted by Crippen LogP contribution is 2.25. The number of hydrogen-bond acceptors (Lipinski definition) is 14. The number of nitrogens with one attached hydrogen (secondary N) is 2. The van der Waals surface area contributed by atoms with Crippen LogP contribution < -0.4 is 30.7 Å². The fourth-order valence-electron chi connectivity index (χ4n) is 4.26. The van der Waals surface area contributed by atoms with Crippen LogP contribution in [0.1, 0.15) is 87.2 Å². The Bertz CT molecular complexity index is 1710. The van der Waals surface area contributed by atoms with E-state index >= 15 is 0 Å². The van der Waals surface area contributed by atoms with Crippen LogP contribution in [0, 0.1) is 0 Å². The van der Waals surface area contributed by atoms with Gasteiger partial charge in [0.05, 0.1) is 12.4 Å². The van der Waals surface area contributed by atoms with Gasteiger partial charge in [-0.15, -0.1) is 0 Å². The maximum atomic E-state index is 11.7. The minimum atomic E-state index is -0.562. The number of ether oxygens (including phenoxy) is 3. The summed E-state index contributed by atoms with van der Waals surface area (Å²) in [6.07, 6.45) is 7.27. The van der Waals surface area contributed by atoms with Gasteiger partial charge in [0.15, 0.2) is 23.1 Å². The second-order valence-corrected chi connectivity index (χ2v) is 11.4. The maximum Gasteiger partial charge on any atom is 0.310 e. The number of anilines is 4. The van der Waals surface area contributed by atoms with Crippen LogP contribution in [0.3, 0.4) is 0 Å². The maximum absolute atomic E-state index is 11.7. The number of aromatic nitrogens is 4. The molecule has 2 aromatic heterocycles. The molecule has 0 aliphatic carbocycles. The highest BCUT2D eigenvalue weighted by Gasteiger charge is 2.21. The summed E-state index contributed by atoms with van der Waals surface area (Å²) in [5, 5.41) is 6.43. The van der Waals surface area contributed by atoms with E-state index < -0.39 is 23.8 Å². The number of nitrogens with two attached hydrogens (primary N) is 1. The lowest BCUT2D eigenvalue weighted by molar-refractivity contribution is -0.156. The summed E-state index contributed by atoms with van der Waals surface area (Å²) >= 11 is 0. The zero-order valence-corrected chi connectivity index (χ0v) is 31.3. The topological polar surface area (TPSA) is 201 Å². The molecule has 4 aromatic rings. The number of hydrogen-bond donors (Lipinski definition) is 3. The first-order valence-corrected chi connectivity index (χ1v) is 17.3. The van der Waals surface area contributed by atoms with Crippen LogP contribution in [-0.4, -0.2) is 56.8 Å². The third-order valence-corrected chi connectivity index (χ3v) is 6.75. The van der Waals surface area contributed by atoms with Crippen LogP contribution in [0.4, 0.5) is 23.5 Å². The SMILES string of the molecule is C.CC(=O)OC(C)=O.CCCCNc1nc(N(C(C)=O)C(C)=O)ncc1OCc1ccccc1.CCCCNc1nc(N)ncc1OCc1ccccc1.[2H-]. The molecule has 294 valence electrons. The molecule has 0 aliphatic rings. The van der Waals surface area contributed by atoms with Crippen molar-refractivity contribution in [1.82, 2.24) is 19.9 Å². The van der Waals surface area contributed by atoms with Gasteiger partial charge in [0.1, 0.15) is 13.2 Å². The molecule has 0 bridgehead atoms. The van der Waals surface area contributed by atoms with Gasteiger partial charge >= 0.3 is 11.9 Å². The number of imide groups is 1. The molecule has 0 unspecified atom stereocenters. The number of unbranched alkanes of at least 4 members (excludes halogenated alkanes) is 2. The van der Waals surface area contributed by atoms with Gasteiger partial charge in [0.2, 0.25) is 23.7 Å². The molecule has 2 amide bonds. The molecular weight excluding hydrogens is 692 g/mol. The van der Waals surface area contributed by atoms with E-state index in [0.717, 1.165) is 48.3 Å². The quantitative estimate of drug-likeness (QED) is 0.0646. The first-order valence-electron chi connectivity index (χ1n) is 17.3. The number of nitrogen functional groups attached to an aromatic ring is 1. The monoisotopic (exact) mass is 748 g/mol. The van der Waals surface area contributed by atoms with E-state index in [1.54, 1.807) is 6.20 Å². The van der Waals surface area contributed by atoms with Gasteiger partial charge in [0, 0.05) is 40.8 Å². The third-order valence-electron chi connectivity index (χ3n) is 6.75. The lowest BCUT2D eigenvalue weighted by atomic mass is 10.2. The summed E-state index contributed by atoms with van der Waals surface area (Å²) in [5.41, 5.74) is 7.74. The van der Waals surface area contributed by atoms with Crippen molar-refractivity contribution in [3.8, 4) is 11.5 Å². The van der Waals surface area contributed by atoms with Crippen molar-refractivity contribution in [3.05, 3.63) is 84.2 Å². The molecule has 0 atom stereocenters. The first kappa shape index (κ1) is 45.9. The molecule has 2 aromatic carbocycles. The van der Waals surface area contributed by atoms with Crippen molar-refractivity contribution >= 4 is 47.3 Å². The molecule has 0 fully saturated rings. The number of amides is 2. The molecule has 15 heteroatoms. The van der Waals surface area contributed by atoms with E-state index in [0.29, 0.717) is 42.9 Å². The van der Waals surface area contributed by atoms with Gasteiger partial charge in [-0.1, -0.05) is 94.8 Å². The Morgan fingerprint density at radius 3 is 1.50 bits per heavy atom. The second kappa shape index (κ2) is 25.8. The van der Waals surface area contributed by atoms with Gasteiger partial charge < -0.3 is 32.0 Å². The van der Waals surface area contributed by atoms with Crippen LogP contribution in [0.15, 0.2) is 73.1 Å². The molecule has 0 spiro atoms. The van der Waals surface area contributed by atoms with Crippen molar-refractivity contribution in [2.45, 2.75) is 87.9 Å².